The summed E-state index contributed by atoms with van der Waals surface area (Å²) in [5.41, 5.74) is -0.518. The molecule has 23 heavy (non-hydrogen) atoms. The topological polar surface area (TPSA) is 75.9 Å². The van der Waals surface area contributed by atoms with Crippen LogP contribution in [0.5, 0.6) is 0 Å². The molecule has 0 saturated carbocycles. The van der Waals surface area contributed by atoms with Crippen molar-refractivity contribution in [2.24, 2.45) is 4.99 Å². The minimum absolute atomic E-state index is 0.346. The van der Waals surface area contributed by atoms with E-state index in [9.17, 15) is 4.79 Å². The zero-order valence-corrected chi connectivity index (χ0v) is 14.9. The predicted octanol–water partition coefficient (Wildman–Crippen LogP) is 1.29. The van der Waals surface area contributed by atoms with Gasteiger partial charge in [-0.2, -0.15) is 0 Å². The van der Waals surface area contributed by atoms with E-state index in [1.807, 2.05) is 39.4 Å². The molecule has 1 aromatic rings. The van der Waals surface area contributed by atoms with Crippen molar-refractivity contribution >= 4 is 29.6 Å². The Morgan fingerprint density at radius 3 is 2.65 bits per heavy atom. The van der Waals surface area contributed by atoms with Crippen molar-refractivity contribution in [3.63, 3.8) is 0 Å². The molecule has 8 nitrogen and oxygen atoms in total. The maximum Gasteiger partial charge on any atom is 0.410 e. The Labute approximate surface area is 141 Å². The summed E-state index contributed by atoms with van der Waals surface area (Å²) < 4.78 is 7.29. The van der Waals surface area contributed by atoms with Crippen molar-refractivity contribution in [3.05, 3.63) is 11.6 Å². The highest BCUT2D eigenvalue weighted by Crippen LogP contribution is 2.17. The van der Waals surface area contributed by atoms with Gasteiger partial charge in [0.2, 0.25) is 0 Å². The molecule has 1 aliphatic rings. The molecule has 0 aromatic carbocycles. The van der Waals surface area contributed by atoms with Gasteiger partial charge >= 0.3 is 6.09 Å². The Kier molecular flexibility index (Phi) is 4.98. The van der Waals surface area contributed by atoms with Crippen LogP contribution in [0.4, 0.5) is 4.79 Å². The van der Waals surface area contributed by atoms with Crippen LogP contribution in [0.15, 0.2) is 4.99 Å². The first-order chi connectivity index (χ1) is 10.7. The maximum absolute atomic E-state index is 12.1. The minimum Gasteiger partial charge on any atom is -0.444 e. The van der Waals surface area contributed by atoms with Crippen LogP contribution in [0.1, 0.15) is 32.4 Å². The van der Waals surface area contributed by atoms with Crippen LogP contribution in [0.25, 0.3) is 0 Å². The lowest BCUT2D eigenvalue weighted by atomic mass is 10.2. The molecule has 0 aliphatic carbocycles. The normalized spacial score (nSPS) is 14.7. The van der Waals surface area contributed by atoms with Gasteiger partial charge in [0.25, 0.3) is 0 Å². The molecule has 0 unspecified atom stereocenters. The molecule has 2 heterocycles. The number of hydrogen-bond donors (Lipinski definition) is 0. The molecule has 9 heteroatoms. The summed E-state index contributed by atoms with van der Waals surface area (Å²) in [4.78, 5) is 20.1. The molecule has 2 rings (SSSR count). The Morgan fingerprint density at radius 2 is 2.04 bits per heavy atom. The number of carbonyl (C=O) groups excluding carboxylic acids is 1. The monoisotopic (exact) mass is 338 g/mol. The van der Waals surface area contributed by atoms with Crippen LogP contribution < -0.4 is 0 Å². The van der Waals surface area contributed by atoms with Crippen LogP contribution >= 0.6 is 12.2 Å². The van der Waals surface area contributed by atoms with Crippen LogP contribution in [0.2, 0.25) is 0 Å². The Hall–Kier alpha value is -2.03. The van der Waals surface area contributed by atoms with Gasteiger partial charge in [0.15, 0.2) is 16.6 Å². The van der Waals surface area contributed by atoms with E-state index in [-0.39, 0.29) is 6.09 Å². The highest BCUT2D eigenvalue weighted by molar-refractivity contribution is 7.80. The van der Waals surface area contributed by atoms with E-state index < -0.39 is 5.60 Å². The average Bonchev–Trinajstić information content (AvgIpc) is 2.85. The lowest BCUT2D eigenvalue weighted by Crippen LogP contribution is -2.42. The van der Waals surface area contributed by atoms with E-state index in [2.05, 4.69) is 15.2 Å². The molecule has 0 atom stereocenters. The molecule has 0 fully saturated rings. The standard InChI is InChI=1S/C14H22N6O2S/c1-14(2,3)22-13(21)19-6-7-20-10(8-19)16-17-11(20)12(23)15-9-18(4)5/h9H,6-8H2,1-5H3. The fourth-order valence-corrected chi connectivity index (χ4v) is 2.22. The largest absolute Gasteiger partial charge is 0.444 e. The van der Waals surface area contributed by atoms with Crippen LogP contribution in [-0.2, 0) is 17.8 Å². The first-order valence-corrected chi connectivity index (χ1v) is 7.73. The molecule has 0 bridgehead atoms. The highest BCUT2D eigenvalue weighted by atomic mass is 32.1. The van der Waals surface area contributed by atoms with Crippen molar-refractivity contribution < 1.29 is 9.53 Å². The zero-order chi connectivity index (χ0) is 17.2. The second-order valence-corrected chi connectivity index (χ2v) is 6.89. The average molecular weight is 338 g/mol. The fourth-order valence-electron chi connectivity index (χ4n) is 2.02. The molecule has 0 radical (unpaired) electrons. The van der Waals surface area contributed by atoms with Gasteiger partial charge in [0.05, 0.1) is 12.9 Å². The fraction of sp³-hybridized carbons (Fsp3) is 0.643. The zero-order valence-electron chi connectivity index (χ0n) is 14.1. The van der Waals surface area contributed by atoms with Crippen LogP contribution in [-0.4, -0.2) is 68.2 Å². The Morgan fingerprint density at radius 1 is 1.35 bits per heavy atom. The number of thiocarbonyl (C=S) groups is 1. The smallest absolute Gasteiger partial charge is 0.410 e. The molecule has 0 spiro atoms. The van der Waals surface area contributed by atoms with E-state index in [1.54, 1.807) is 16.1 Å². The lowest BCUT2D eigenvalue weighted by Gasteiger charge is -2.30. The quantitative estimate of drug-likeness (QED) is 0.459. The van der Waals surface area contributed by atoms with Gasteiger partial charge in [-0.05, 0) is 20.8 Å². The van der Waals surface area contributed by atoms with Crippen LogP contribution in [0, 0.1) is 0 Å². The first-order valence-electron chi connectivity index (χ1n) is 7.32. The Bertz CT molecular complexity index is 632. The summed E-state index contributed by atoms with van der Waals surface area (Å²) >= 11 is 5.28. The van der Waals surface area contributed by atoms with Gasteiger partial charge < -0.3 is 14.2 Å². The maximum atomic E-state index is 12.1. The molecule has 0 N–H and O–H groups in total. The SMILES string of the molecule is CN(C)C=NC(=S)c1nnc2n1CCN(C(=O)OC(C)(C)C)C2. The molecular weight excluding hydrogens is 316 g/mol. The summed E-state index contributed by atoms with van der Waals surface area (Å²) in [7, 11) is 3.73. The lowest BCUT2D eigenvalue weighted by molar-refractivity contribution is 0.0195. The van der Waals surface area contributed by atoms with Gasteiger partial charge in [-0.1, -0.05) is 12.2 Å². The summed E-state index contributed by atoms with van der Waals surface area (Å²) in [5.74, 6) is 1.23. The summed E-state index contributed by atoms with van der Waals surface area (Å²) in [6.07, 6.45) is 1.28. The number of rotatable bonds is 2. The number of fused-ring (bicyclic) bond motifs is 1. The highest BCUT2D eigenvalue weighted by Gasteiger charge is 2.28. The third-order valence-electron chi connectivity index (χ3n) is 3.00. The number of aromatic nitrogens is 3. The van der Waals surface area contributed by atoms with E-state index in [0.29, 0.717) is 36.3 Å². The van der Waals surface area contributed by atoms with E-state index in [0.717, 1.165) is 0 Å². The van der Waals surface area contributed by atoms with Gasteiger partial charge in [0.1, 0.15) is 5.60 Å². The van der Waals surface area contributed by atoms with Crippen molar-refractivity contribution in [2.75, 3.05) is 20.6 Å². The van der Waals surface area contributed by atoms with E-state index >= 15 is 0 Å². The van der Waals surface area contributed by atoms with Crippen molar-refractivity contribution in [2.45, 2.75) is 39.5 Å². The summed E-state index contributed by atoms with van der Waals surface area (Å²) in [6.45, 7) is 6.97. The number of ether oxygens (including phenoxy) is 1. The van der Waals surface area contributed by atoms with Gasteiger partial charge in [-0.15, -0.1) is 10.2 Å². The third kappa shape index (κ3) is 4.47. The van der Waals surface area contributed by atoms with Crippen LogP contribution in [0.3, 0.4) is 0 Å². The second kappa shape index (κ2) is 6.61. The third-order valence-corrected chi connectivity index (χ3v) is 3.29. The molecule has 1 aromatic heterocycles. The van der Waals surface area contributed by atoms with Gasteiger partial charge in [-0.25, -0.2) is 9.79 Å². The number of amides is 1. The molecule has 0 saturated heterocycles. The minimum atomic E-state index is -0.518. The van der Waals surface area contributed by atoms with Gasteiger partial charge in [0, 0.05) is 27.2 Å². The van der Waals surface area contributed by atoms with Gasteiger partial charge in [-0.3, -0.25) is 4.90 Å². The molecule has 126 valence electrons. The molecule has 1 aliphatic heterocycles. The number of hydrogen-bond acceptors (Lipinski definition) is 5. The number of nitrogens with zero attached hydrogens (tertiary/aromatic N) is 6. The van der Waals surface area contributed by atoms with E-state index in [1.165, 1.54) is 0 Å². The summed E-state index contributed by atoms with van der Waals surface area (Å²) in [5, 5.41) is 8.23. The van der Waals surface area contributed by atoms with E-state index in [4.69, 9.17) is 17.0 Å². The molecular formula is C14H22N6O2S. The first kappa shape index (κ1) is 17.3. The van der Waals surface area contributed by atoms with Crippen molar-refractivity contribution in [1.29, 1.82) is 0 Å². The number of carbonyl (C=O) groups is 1. The second-order valence-electron chi connectivity index (χ2n) is 6.51. The predicted molar refractivity (Wildman–Crippen MR) is 90.5 cm³/mol. The van der Waals surface area contributed by atoms with Crippen molar-refractivity contribution in [1.82, 2.24) is 24.6 Å². The number of aliphatic imine (C=N–C) groups is 1. The molecule has 1 amide bonds. The summed E-state index contributed by atoms with van der Waals surface area (Å²) in [6, 6.07) is 0. The van der Waals surface area contributed by atoms with Crippen molar-refractivity contribution in [3.8, 4) is 0 Å². The Balaban J connectivity index is 2.10.